The summed E-state index contributed by atoms with van der Waals surface area (Å²) in [6.45, 7) is 10.00. The van der Waals surface area contributed by atoms with Gasteiger partial charge in [-0.05, 0) is 43.5 Å². The fraction of sp³-hybridized carbons (Fsp3) is 0.632. The molecule has 1 atom stereocenters. The molecule has 8 heteroatoms. The van der Waals surface area contributed by atoms with E-state index in [1.807, 2.05) is 26.8 Å². The van der Waals surface area contributed by atoms with Crippen molar-refractivity contribution in [3.63, 3.8) is 0 Å². The van der Waals surface area contributed by atoms with Crippen molar-refractivity contribution in [1.29, 1.82) is 0 Å². The smallest absolute Gasteiger partial charge is 0.243 e. The number of ether oxygens (including phenoxy) is 1. The molecule has 152 valence electrons. The molecule has 1 heterocycles. The molecule has 1 aliphatic heterocycles. The van der Waals surface area contributed by atoms with Crippen molar-refractivity contribution in [2.24, 2.45) is 0 Å². The first-order valence-corrected chi connectivity index (χ1v) is 11.2. The zero-order valence-corrected chi connectivity index (χ0v) is 17.5. The lowest BCUT2D eigenvalue weighted by molar-refractivity contribution is -0.122. The molecule has 0 aliphatic carbocycles. The standard InChI is InChI=1S/C19H31N3O4S/c1-5-18(19(23)20-6-7-21-8-10-26-11-9-21)22(27(4,24)25)17-13-15(2)12-16(3)14-17/h12-14,18H,5-11H2,1-4H3,(H,20,23). The van der Waals surface area contributed by atoms with Crippen LogP contribution in [-0.4, -0.2) is 70.9 Å². The van der Waals surface area contributed by atoms with Gasteiger partial charge in [0.05, 0.1) is 25.2 Å². The first-order valence-electron chi connectivity index (χ1n) is 9.38. The van der Waals surface area contributed by atoms with Crippen molar-refractivity contribution in [3.8, 4) is 0 Å². The van der Waals surface area contributed by atoms with Crippen LogP contribution in [0.5, 0.6) is 0 Å². The molecule has 1 aromatic carbocycles. The van der Waals surface area contributed by atoms with Crippen LogP contribution in [0.1, 0.15) is 24.5 Å². The fourth-order valence-electron chi connectivity index (χ4n) is 3.42. The number of sulfonamides is 1. The normalized spacial score (nSPS) is 16.7. The molecule has 1 saturated heterocycles. The van der Waals surface area contributed by atoms with Gasteiger partial charge in [-0.2, -0.15) is 0 Å². The van der Waals surface area contributed by atoms with Crippen molar-refractivity contribution >= 4 is 21.6 Å². The van der Waals surface area contributed by atoms with Crippen molar-refractivity contribution in [3.05, 3.63) is 29.3 Å². The number of rotatable bonds is 8. The Morgan fingerprint density at radius 1 is 1.22 bits per heavy atom. The highest BCUT2D eigenvalue weighted by atomic mass is 32.2. The van der Waals surface area contributed by atoms with Crippen LogP contribution >= 0.6 is 0 Å². The van der Waals surface area contributed by atoms with Crippen molar-refractivity contribution in [2.45, 2.75) is 33.2 Å². The Morgan fingerprint density at radius 2 is 1.81 bits per heavy atom. The molecule has 0 aromatic heterocycles. The summed E-state index contributed by atoms with van der Waals surface area (Å²) in [6, 6.07) is 4.81. The van der Waals surface area contributed by atoms with Crippen LogP contribution in [0, 0.1) is 13.8 Å². The molecular formula is C19H31N3O4S. The van der Waals surface area contributed by atoms with E-state index >= 15 is 0 Å². The number of nitrogens with one attached hydrogen (secondary N) is 1. The zero-order valence-electron chi connectivity index (χ0n) is 16.7. The Labute approximate surface area is 162 Å². The number of anilines is 1. The van der Waals surface area contributed by atoms with Gasteiger partial charge in [-0.1, -0.05) is 13.0 Å². The summed E-state index contributed by atoms with van der Waals surface area (Å²) >= 11 is 0. The van der Waals surface area contributed by atoms with Gasteiger partial charge in [-0.3, -0.25) is 14.0 Å². The Morgan fingerprint density at radius 3 is 2.33 bits per heavy atom. The second-order valence-corrected chi connectivity index (χ2v) is 8.93. The summed E-state index contributed by atoms with van der Waals surface area (Å²) < 4.78 is 31.6. The van der Waals surface area contributed by atoms with E-state index in [-0.39, 0.29) is 5.91 Å². The average molecular weight is 398 g/mol. The van der Waals surface area contributed by atoms with E-state index in [2.05, 4.69) is 10.2 Å². The lowest BCUT2D eigenvalue weighted by Crippen LogP contribution is -2.51. The summed E-state index contributed by atoms with van der Waals surface area (Å²) in [5, 5.41) is 2.91. The molecule has 1 aromatic rings. The van der Waals surface area contributed by atoms with E-state index in [1.165, 1.54) is 4.31 Å². The minimum absolute atomic E-state index is 0.268. The number of benzene rings is 1. The third-order valence-corrected chi connectivity index (χ3v) is 5.80. The molecule has 1 unspecified atom stereocenters. The monoisotopic (exact) mass is 397 g/mol. The van der Waals surface area contributed by atoms with Gasteiger partial charge in [0.1, 0.15) is 6.04 Å². The highest BCUT2D eigenvalue weighted by Gasteiger charge is 2.31. The highest BCUT2D eigenvalue weighted by Crippen LogP contribution is 2.25. The molecule has 1 aliphatic rings. The number of aryl methyl sites for hydroxylation is 2. The van der Waals surface area contributed by atoms with Gasteiger partial charge in [0.15, 0.2) is 0 Å². The predicted octanol–water partition coefficient (Wildman–Crippen LogP) is 1.30. The molecule has 7 nitrogen and oxygen atoms in total. The van der Waals surface area contributed by atoms with Gasteiger partial charge in [-0.15, -0.1) is 0 Å². The molecule has 0 radical (unpaired) electrons. The summed E-state index contributed by atoms with van der Waals surface area (Å²) in [7, 11) is -3.61. The summed E-state index contributed by atoms with van der Waals surface area (Å²) in [5.74, 6) is -0.268. The first-order chi connectivity index (χ1) is 12.7. The average Bonchev–Trinajstić information content (AvgIpc) is 2.58. The minimum atomic E-state index is -3.61. The zero-order chi connectivity index (χ0) is 20.0. The molecule has 0 spiro atoms. The topological polar surface area (TPSA) is 79.0 Å². The van der Waals surface area contributed by atoms with Gasteiger partial charge in [-0.25, -0.2) is 8.42 Å². The van der Waals surface area contributed by atoms with Crippen LogP contribution in [0.2, 0.25) is 0 Å². The van der Waals surface area contributed by atoms with Crippen LogP contribution < -0.4 is 9.62 Å². The predicted molar refractivity (Wildman–Crippen MR) is 108 cm³/mol. The number of amides is 1. The molecule has 0 saturated carbocycles. The van der Waals surface area contributed by atoms with Crippen LogP contribution in [0.15, 0.2) is 18.2 Å². The summed E-state index contributed by atoms with van der Waals surface area (Å²) in [5.41, 5.74) is 2.45. The summed E-state index contributed by atoms with van der Waals surface area (Å²) in [4.78, 5) is 15.0. The van der Waals surface area contributed by atoms with Crippen LogP contribution in [0.25, 0.3) is 0 Å². The van der Waals surface area contributed by atoms with Crippen LogP contribution in [-0.2, 0) is 19.6 Å². The Kier molecular flexibility index (Phi) is 7.64. The molecule has 27 heavy (non-hydrogen) atoms. The van der Waals surface area contributed by atoms with Crippen molar-refractivity contribution in [1.82, 2.24) is 10.2 Å². The van der Waals surface area contributed by atoms with Gasteiger partial charge < -0.3 is 10.1 Å². The lowest BCUT2D eigenvalue weighted by Gasteiger charge is -2.31. The van der Waals surface area contributed by atoms with Crippen LogP contribution in [0.4, 0.5) is 5.69 Å². The number of nitrogens with zero attached hydrogens (tertiary/aromatic N) is 2. The van der Waals surface area contributed by atoms with E-state index in [4.69, 9.17) is 4.74 Å². The molecule has 0 bridgehead atoms. The third kappa shape index (κ3) is 6.19. The number of morpholine rings is 1. The molecule has 1 N–H and O–H groups in total. The Bertz CT molecular complexity index is 725. The van der Waals surface area contributed by atoms with E-state index in [9.17, 15) is 13.2 Å². The maximum atomic E-state index is 12.8. The molecule has 1 fully saturated rings. The third-order valence-electron chi connectivity index (χ3n) is 4.62. The SMILES string of the molecule is CCC(C(=O)NCCN1CCOCC1)N(c1cc(C)cc(C)c1)S(C)(=O)=O. The van der Waals surface area contributed by atoms with Gasteiger partial charge in [0.2, 0.25) is 15.9 Å². The Balaban J connectivity index is 2.12. The van der Waals surface area contributed by atoms with E-state index < -0.39 is 16.1 Å². The fourth-order valence-corrected chi connectivity index (χ4v) is 4.61. The van der Waals surface area contributed by atoms with Crippen LogP contribution in [0.3, 0.4) is 0 Å². The van der Waals surface area contributed by atoms with Gasteiger partial charge in [0, 0.05) is 26.2 Å². The number of hydrogen-bond acceptors (Lipinski definition) is 5. The van der Waals surface area contributed by atoms with Crippen molar-refractivity contribution in [2.75, 3.05) is 50.0 Å². The largest absolute Gasteiger partial charge is 0.379 e. The maximum absolute atomic E-state index is 12.8. The Hall–Kier alpha value is -1.64. The van der Waals surface area contributed by atoms with Gasteiger partial charge in [0.25, 0.3) is 0 Å². The molecule has 1 amide bonds. The number of carbonyl (C=O) groups is 1. The molecular weight excluding hydrogens is 366 g/mol. The quantitative estimate of drug-likeness (QED) is 0.715. The second kappa shape index (κ2) is 9.52. The van der Waals surface area contributed by atoms with E-state index in [1.54, 1.807) is 12.1 Å². The first kappa shape index (κ1) is 21.7. The number of carbonyl (C=O) groups excluding carboxylic acids is 1. The number of hydrogen-bond donors (Lipinski definition) is 1. The molecule has 2 rings (SSSR count). The highest BCUT2D eigenvalue weighted by molar-refractivity contribution is 7.92. The van der Waals surface area contributed by atoms with E-state index in [0.717, 1.165) is 37.0 Å². The lowest BCUT2D eigenvalue weighted by atomic mass is 10.1. The van der Waals surface area contributed by atoms with Gasteiger partial charge >= 0.3 is 0 Å². The summed E-state index contributed by atoms with van der Waals surface area (Å²) in [6.07, 6.45) is 1.54. The van der Waals surface area contributed by atoms with E-state index in [0.29, 0.717) is 31.9 Å². The minimum Gasteiger partial charge on any atom is -0.379 e. The van der Waals surface area contributed by atoms with Crippen molar-refractivity contribution < 1.29 is 17.9 Å². The second-order valence-electron chi connectivity index (χ2n) is 7.07. The maximum Gasteiger partial charge on any atom is 0.243 e.